The van der Waals surface area contributed by atoms with E-state index in [2.05, 4.69) is 96.7 Å². The Morgan fingerprint density at radius 3 is 1.54 bits per heavy atom. The van der Waals surface area contributed by atoms with E-state index in [4.69, 9.17) is 28.3 Å². The second-order valence-electron chi connectivity index (χ2n) is 4.94. The number of hydrogen-bond donors (Lipinski definition) is 0. The molecule has 6 heteroatoms. The molecule has 0 aliphatic heterocycles. The minimum atomic E-state index is -1.85. The van der Waals surface area contributed by atoms with Gasteiger partial charge in [0, 0.05) is 12.1 Å². The molecule has 0 saturated heterocycles. The third kappa shape index (κ3) is 6.14. The summed E-state index contributed by atoms with van der Waals surface area (Å²) >= 11 is -1.85. The van der Waals surface area contributed by atoms with Crippen molar-refractivity contribution in [2.24, 2.45) is 7.05 Å². The molecule has 0 atom stereocenters. The Hall–Kier alpha value is -0.422. The first-order chi connectivity index (χ1) is 11.6. The number of nitrogens with zero attached hydrogens (tertiary/aromatic N) is 1. The Labute approximate surface area is 162 Å². The van der Waals surface area contributed by atoms with Crippen LogP contribution < -0.4 is 20.6 Å². The van der Waals surface area contributed by atoms with E-state index in [1.807, 2.05) is 0 Å². The van der Waals surface area contributed by atoms with Crippen LogP contribution in [-0.4, -0.2) is 0 Å². The summed E-state index contributed by atoms with van der Waals surface area (Å²) in [6.45, 7) is 0. The van der Waals surface area contributed by atoms with E-state index in [1.165, 1.54) is 16.0 Å². The summed E-state index contributed by atoms with van der Waals surface area (Å²) in [5.41, 5.74) is 1.40. The molecule has 1 nitrogen and oxygen atoms in total. The number of benzene rings is 2. The molecule has 129 valence electrons. The van der Waals surface area contributed by atoms with Crippen LogP contribution in [0.4, 0.5) is 0 Å². The second-order valence-corrected chi connectivity index (χ2v) is 17.2. The van der Waals surface area contributed by atoms with Crippen LogP contribution in [0.3, 0.4) is 0 Å². The number of rotatable bonds is 3. The van der Waals surface area contributed by atoms with E-state index >= 15 is 0 Å². The average Bonchev–Trinajstić information content (AvgIpc) is 2.58. The van der Waals surface area contributed by atoms with Gasteiger partial charge in [-0.1, -0.05) is 36.4 Å². The predicted molar refractivity (Wildman–Crippen MR) is 105 cm³/mol. The molecule has 0 radical (unpaired) electrons. The molecule has 2 aromatic carbocycles. The SMILES string of the molecule is C[n+]1ccccc1[PH+](c1ccccc1)c1ccccc1.[Cl][Pt]([Cl])[Cl]. The van der Waals surface area contributed by atoms with E-state index in [-0.39, 0.29) is 0 Å². The summed E-state index contributed by atoms with van der Waals surface area (Å²) in [7, 11) is 16.1. The van der Waals surface area contributed by atoms with Crippen LogP contribution in [0.1, 0.15) is 0 Å². The Morgan fingerprint density at radius 2 is 1.12 bits per heavy atom. The van der Waals surface area contributed by atoms with Gasteiger partial charge < -0.3 is 0 Å². The first-order valence-electron chi connectivity index (χ1n) is 7.15. The van der Waals surface area contributed by atoms with Gasteiger partial charge in [0.1, 0.15) is 17.7 Å². The normalized spacial score (nSPS) is 10.8. The zero-order chi connectivity index (χ0) is 17.4. The van der Waals surface area contributed by atoms with Crippen molar-refractivity contribution in [2.75, 3.05) is 0 Å². The van der Waals surface area contributed by atoms with Crippen molar-refractivity contribution < 1.29 is 18.8 Å². The zero-order valence-electron chi connectivity index (χ0n) is 13.0. The summed E-state index contributed by atoms with van der Waals surface area (Å²) in [5, 5.41) is 2.84. The summed E-state index contributed by atoms with van der Waals surface area (Å²) in [6.07, 6.45) is 2.13. The third-order valence-electron chi connectivity index (χ3n) is 3.44. The molecule has 3 aromatic rings. The van der Waals surface area contributed by atoms with Crippen LogP contribution in [0, 0.1) is 0 Å². The topological polar surface area (TPSA) is 3.88 Å². The number of halogens is 3. The number of hydrogen-bond acceptors (Lipinski definition) is 0. The fraction of sp³-hybridized carbons (Fsp3) is 0.0556. The van der Waals surface area contributed by atoms with Gasteiger partial charge in [-0.3, -0.25) is 0 Å². The quantitative estimate of drug-likeness (QED) is 0.325. The van der Waals surface area contributed by atoms with Crippen LogP contribution in [-0.2, 0) is 21.2 Å². The Bertz CT molecular complexity index is 699. The van der Waals surface area contributed by atoms with Crippen molar-refractivity contribution in [2.45, 2.75) is 0 Å². The van der Waals surface area contributed by atoms with Crippen molar-refractivity contribution in [3.63, 3.8) is 0 Å². The Morgan fingerprint density at radius 1 is 0.708 bits per heavy atom. The zero-order valence-corrected chi connectivity index (χ0v) is 18.5. The fourth-order valence-electron chi connectivity index (χ4n) is 2.46. The molecule has 1 heterocycles. The van der Waals surface area contributed by atoms with E-state index in [0.29, 0.717) is 0 Å². The first-order valence-corrected chi connectivity index (χ1v) is 17.1. The molecule has 24 heavy (non-hydrogen) atoms. The van der Waals surface area contributed by atoms with E-state index in [1.54, 1.807) is 0 Å². The molecule has 0 fully saturated rings. The molecule has 0 aliphatic rings. The van der Waals surface area contributed by atoms with Gasteiger partial charge in [0.05, 0.1) is 0 Å². The monoisotopic (exact) mass is 579 g/mol. The average molecular weight is 581 g/mol. The van der Waals surface area contributed by atoms with E-state index in [9.17, 15) is 0 Å². The molecular formula is C18H18Cl3NPPt+2. The molecule has 3 rings (SSSR count). The van der Waals surface area contributed by atoms with Crippen LogP contribution >= 0.6 is 36.2 Å². The van der Waals surface area contributed by atoms with Gasteiger partial charge in [0.25, 0.3) is 0 Å². The maximum absolute atomic E-state index is 4.96. The molecule has 0 aliphatic carbocycles. The number of pyridine rings is 1. The fourth-order valence-corrected chi connectivity index (χ4v) is 5.12. The van der Waals surface area contributed by atoms with Gasteiger partial charge in [0.15, 0.2) is 14.1 Å². The third-order valence-corrected chi connectivity index (χ3v) is 6.29. The van der Waals surface area contributed by atoms with E-state index in [0.717, 1.165) is 0 Å². The molecule has 1 aromatic heterocycles. The van der Waals surface area contributed by atoms with Gasteiger partial charge in [-0.15, -0.1) is 0 Å². The number of aromatic nitrogens is 1. The van der Waals surface area contributed by atoms with Crippen molar-refractivity contribution in [1.29, 1.82) is 0 Å². The molecule has 0 unspecified atom stereocenters. The molecule has 0 saturated carbocycles. The summed E-state index contributed by atoms with van der Waals surface area (Å²) in [5.74, 6) is 0. The van der Waals surface area contributed by atoms with Gasteiger partial charge >= 0.3 is 47.9 Å². The molecule has 0 amide bonds. The van der Waals surface area contributed by atoms with Gasteiger partial charge in [-0.25, -0.2) is 0 Å². The van der Waals surface area contributed by atoms with E-state index < -0.39 is 22.1 Å². The van der Waals surface area contributed by atoms with Crippen molar-refractivity contribution >= 4 is 52.2 Å². The summed E-state index contributed by atoms with van der Waals surface area (Å²) < 4.78 is 2.24. The molecule has 0 N–H and O–H groups in total. The van der Waals surface area contributed by atoms with Crippen LogP contribution in [0.15, 0.2) is 85.1 Å². The molecule has 0 bridgehead atoms. The van der Waals surface area contributed by atoms with Crippen LogP contribution in [0.5, 0.6) is 0 Å². The predicted octanol–water partition coefficient (Wildman–Crippen LogP) is 4.07. The van der Waals surface area contributed by atoms with Gasteiger partial charge in [-0.2, -0.15) is 4.57 Å². The minimum absolute atomic E-state index is 0.944. The van der Waals surface area contributed by atoms with Gasteiger partial charge in [-0.05, 0) is 30.3 Å². The first kappa shape index (κ1) is 19.9. The van der Waals surface area contributed by atoms with Gasteiger partial charge in [0.2, 0.25) is 0 Å². The Kier molecular flexibility index (Phi) is 8.74. The van der Waals surface area contributed by atoms with Crippen molar-refractivity contribution in [1.82, 2.24) is 0 Å². The maximum atomic E-state index is 4.96. The van der Waals surface area contributed by atoms with Crippen molar-refractivity contribution in [3.05, 3.63) is 85.1 Å². The molecule has 0 spiro atoms. The molecular weight excluding hydrogens is 563 g/mol. The standard InChI is InChI=1S/C18H17NP.3ClH.Pt/c1-19-15-9-8-14-18(19)20(16-10-4-2-5-11-16)17-12-6-3-7-13-17;;;;/h2-15H,1H3;3*1H;/q+1;;;;+3/p-2. The summed E-state index contributed by atoms with van der Waals surface area (Å²) in [6, 6.07) is 28.1. The number of aryl methyl sites for hydroxylation is 1. The van der Waals surface area contributed by atoms with Crippen molar-refractivity contribution in [3.8, 4) is 0 Å². The Balaban J connectivity index is 0.000000471. The second kappa shape index (κ2) is 10.5. The van der Waals surface area contributed by atoms with Crippen LogP contribution in [0.25, 0.3) is 0 Å². The van der Waals surface area contributed by atoms with Crippen LogP contribution in [0.2, 0.25) is 0 Å². The summed E-state index contributed by atoms with van der Waals surface area (Å²) in [4.78, 5) is 0.